The summed E-state index contributed by atoms with van der Waals surface area (Å²) in [5.74, 6) is -0.820. The number of likely N-dealkylation sites (N-methyl/N-ethyl adjacent to an activating group) is 1. The van der Waals surface area contributed by atoms with Gasteiger partial charge < -0.3 is 10.2 Å². The summed E-state index contributed by atoms with van der Waals surface area (Å²) in [5, 5.41) is 13.5. The third-order valence-electron chi connectivity index (χ3n) is 2.04. The minimum atomic E-state index is -0.820. The number of hydrogen-bond donors (Lipinski definition) is 1. The minimum Gasteiger partial charge on any atom is -0.378 e. The molecule has 16 heavy (non-hydrogen) atoms. The van der Waals surface area contributed by atoms with Crippen LogP contribution < -0.4 is 5.32 Å². The summed E-state index contributed by atoms with van der Waals surface area (Å²) in [7, 11) is 3.78. The van der Waals surface area contributed by atoms with Crippen molar-refractivity contribution >= 4 is 11.4 Å². The first kappa shape index (κ1) is 12.4. The predicted molar refractivity (Wildman–Crippen MR) is 60.1 cm³/mol. The third kappa shape index (κ3) is 3.16. The van der Waals surface area contributed by atoms with Gasteiger partial charge in [-0.3, -0.25) is 10.1 Å². The summed E-state index contributed by atoms with van der Waals surface area (Å²) >= 11 is 0. The summed E-state index contributed by atoms with van der Waals surface area (Å²) in [4.78, 5) is 11.9. The van der Waals surface area contributed by atoms with Gasteiger partial charge in [-0.1, -0.05) is 6.07 Å². The van der Waals surface area contributed by atoms with Crippen LogP contribution >= 0.6 is 0 Å². The molecule has 0 fully saturated rings. The van der Waals surface area contributed by atoms with Crippen LogP contribution in [0.15, 0.2) is 18.2 Å². The van der Waals surface area contributed by atoms with Crippen molar-refractivity contribution in [2.75, 3.05) is 32.5 Å². The van der Waals surface area contributed by atoms with E-state index in [4.69, 9.17) is 0 Å². The van der Waals surface area contributed by atoms with Gasteiger partial charge in [0.15, 0.2) is 0 Å². The van der Waals surface area contributed by atoms with Crippen molar-refractivity contribution < 1.29 is 9.31 Å². The molecule has 0 radical (unpaired) electrons. The highest BCUT2D eigenvalue weighted by molar-refractivity contribution is 5.61. The van der Waals surface area contributed by atoms with Crippen molar-refractivity contribution in [3.63, 3.8) is 0 Å². The van der Waals surface area contributed by atoms with E-state index in [-0.39, 0.29) is 5.69 Å². The van der Waals surface area contributed by atoms with E-state index in [1.165, 1.54) is 12.1 Å². The van der Waals surface area contributed by atoms with Crippen LogP contribution in [0, 0.1) is 15.9 Å². The highest BCUT2D eigenvalue weighted by Gasteiger charge is 2.19. The smallest absolute Gasteiger partial charge is 0.327 e. The highest BCUT2D eigenvalue weighted by Crippen LogP contribution is 2.26. The summed E-state index contributed by atoms with van der Waals surface area (Å²) in [6.07, 6.45) is 0. The largest absolute Gasteiger partial charge is 0.378 e. The van der Waals surface area contributed by atoms with E-state index in [2.05, 4.69) is 5.32 Å². The van der Waals surface area contributed by atoms with E-state index >= 15 is 0 Å². The van der Waals surface area contributed by atoms with Crippen LogP contribution in [0.2, 0.25) is 0 Å². The standard InChI is InChI=1S/C10H14FN3O2/c1-13(2)7-6-12-9-5-3-4-8(11)10(9)14(15)16/h3-5,12H,6-7H2,1-2H3. The van der Waals surface area contributed by atoms with Crippen molar-refractivity contribution in [3.8, 4) is 0 Å². The van der Waals surface area contributed by atoms with E-state index in [9.17, 15) is 14.5 Å². The highest BCUT2D eigenvalue weighted by atomic mass is 19.1. The molecule has 0 atom stereocenters. The fourth-order valence-corrected chi connectivity index (χ4v) is 1.26. The molecule has 6 heteroatoms. The van der Waals surface area contributed by atoms with E-state index < -0.39 is 16.4 Å². The fourth-order valence-electron chi connectivity index (χ4n) is 1.26. The van der Waals surface area contributed by atoms with Crippen LogP contribution in [0.1, 0.15) is 0 Å². The average Bonchev–Trinajstić information content (AvgIpc) is 2.16. The van der Waals surface area contributed by atoms with Crippen molar-refractivity contribution in [1.82, 2.24) is 4.90 Å². The number of nitrogens with zero attached hydrogens (tertiary/aromatic N) is 2. The number of halogens is 1. The minimum absolute atomic E-state index is 0.215. The summed E-state index contributed by atoms with van der Waals surface area (Å²) < 4.78 is 13.2. The first-order valence-electron chi connectivity index (χ1n) is 4.84. The van der Waals surface area contributed by atoms with Gasteiger partial charge in [0.1, 0.15) is 5.69 Å². The lowest BCUT2D eigenvalue weighted by Gasteiger charge is -2.11. The van der Waals surface area contributed by atoms with Crippen LogP contribution in [-0.4, -0.2) is 37.0 Å². The third-order valence-corrected chi connectivity index (χ3v) is 2.04. The quantitative estimate of drug-likeness (QED) is 0.614. The molecule has 1 N–H and O–H groups in total. The fraction of sp³-hybridized carbons (Fsp3) is 0.400. The number of para-hydroxylation sites is 1. The number of rotatable bonds is 5. The second kappa shape index (κ2) is 5.41. The van der Waals surface area contributed by atoms with Crippen LogP contribution in [0.25, 0.3) is 0 Å². The van der Waals surface area contributed by atoms with Crippen LogP contribution in [-0.2, 0) is 0 Å². The molecule has 0 unspecified atom stereocenters. The summed E-state index contributed by atoms with van der Waals surface area (Å²) in [6, 6.07) is 4.02. The van der Waals surface area contributed by atoms with Crippen LogP contribution in [0.4, 0.5) is 15.8 Å². The number of nitro benzene ring substituents is 1. The molecule has 0 saturated carbocycles. The maximum Gasteiger partial charge on any atom is 0.327 e. The molecule has 0 heterocycles. The van der Waals surface area contributed by atoms with Gasteiger partial charge in [-0.05, 0) is 26.2 Å². The maximum atomic E-state index is 13.2. The Morgan fingerprint density at radius 2 is 2.19 bits per heavy atom. The lowest BCUT2D eigenvalue weighted by atomic mass is 10.2. The Labute approximate surface area is 93.0 Å². The van der Waals surface area contributed by atoms with Crippen molar-refractivity contribution in [2.24, 2.45) is 0 Å². The van der Waals surface area contributed by atoms with Crippen molar-refractivity contribution in [3.05, 3.63) is 34.1 Å². The monoisotopic (exact) mass is 227 g/mol. The number of hydrogen-bond acceptors (Lipinski definition) is 4. The Hall–Kier alpha value is -1.69. The molecule has 0 aromatic heterocycles. The Kier molecular flexibility index (Phi) is 4.19. The van der Waals surface area contributed by atoms with Gasteiger partial charge in [0.2, 0.25) is 5.82 Å². The summed E-state index contributed by atoms with van der Waals surface area (Å²) in [6.45, 7) is 1.24. The van der Waals surface area contributed by atoms with E-state index in [1.54, 1.807) is 0 Å². The molecule has 0 aliphatic carbocycles. The second-order valence-corrected chi connectivity index (χ2v) is 3.62. The van der Waals surface area contributed by atoms with E-state index in [1.807, 2.05) is 19.0 Å². The van der Waals surface area contributed by atoms with Gasteiger partial charge in [-0.25, -0.2) is 0 Å². The number of benzene rings is 1. The van der Waals surface area contributed by atoms with Gasteiger partial charge in [-0.2, -0.15) is 4.39 Å². The predicted octanol–water partition coefficient (Wildman–Crippen LogP) is 1.71. The Bertz CT molecular complexity index is 382. The van der Waals surface area contributed by atoms with Crippen LogP contribution in [0.5, 0.6) is 0 Å². The molecule has 5 nitrogen and oxygen atoms in total. The Morgan fingerprint density at radius 3 is 2.75 bits per heavy atom. The van der Waals surface area contributed by atoms with Gasteiger partial charge in [0.05, 0.1) is 4.92 Å². The lowest BCUT2D eigenvalue weighted by Crippen LogP contribution is -2.21. The zero-order valence-electron chi connectivity index (χ0n) is 9.24. The molecule has 1 rings (SSSR count). The van der Waals surface area contributed by atoms with Gasteiger partial charge >= 0.3 is 5.69 Å². The maximum absolute atomic E-state index is 13.2. The van der Waals surface area contributed by atoms with Gasteiger partial charge in [0.25, 0.3) is 0 Å². The van der Waals surface area contributed by atoms with Crippen molar-refractivity contribution in [1.29, 1.82) is 0 Å². The first-order chi connectivity index (χ1) is 7.52. The zero-order valence-corrected chi connectivity index (χ0v) is 9.24. The topological polar surface area (TPSA) is 58.4 Å². The average molecular weight is 227 g/mol. The zero-order chi connectivity index (χ0) is 12.1. The normalized spacial score (nSPS) is 10.5. The SMILES string of the molecule is CN(C)CCNc1cccc(F)c1[N+](=O)[O-]. The molecule has 0 aliphatic heterocycles. The van der Waals surface area contributed by atoms with Crippen molar-refractivity contribution in [2.45, 2.75) is 0 Å². The number of nitrogens with one attached hydrogen (secondary N) is 1. The first-order valence-corrected chi connectivity index (χ1v) is 4.84. The number of anilines is 1. The molecule has 0 spiro atoms. The second-order valence-electron chi connectivity index (χ2n) is 3.62. The molecule has 0 saturated heterocycles. The Morgan fingerprint density at radius 1 is 1.50 bits per heavy atom. The Balaban J connectivity index is 2.79. The van der Waals surface area contributed by atoms with Crippen LogP contribution in [0.3, 0.4) is 0 Å². The van der Waals surface area contributed by atoms with E-state index in [0.717, 1.165) is 6.07 Å². The van der Waals surface area contributed by atoms with Gasteiger partial charge in [0, 0.05) is 13.1 Å². The summed E-state index contributed by atoms with van der Waals surface area (Å²) in [5.41, 5.74) is -0.284. The molecule has 0 amide bonds. The molecule has 1 aromatic rings. The molecular formula is C10H14FN3O2. The molecule has 0 bridgehead atoms. The van der Waals surface area contributed by atoms with Gasteiger partial charge in [-0.15, -0.1) is 0 Å². The molecule has 88 valence electrons. The molecule has 1 aromatic carbocycles. The molecule has 0 aliphatic rings. The van der Waals surface area contributed by atoms with E-state index in [0.29, 0.717) is 13.1 Å². The molecular weight excluding hydrogens is 213 g/mol. The number of nitro groups is 1. The lowest BCUT2D eigenvalue weighted by molar-refractivity contribution is -0.386.